The minimum Gasteiger partial charge on any atom is -0.368 e. The number of carbonyl (C=O) groups excluding carboxylic acids is 1. The van der Waals surface area contributed by atoms with Gasteiger partial charge in [-0.1, -0.05) is 42.0 Å². The van der Waals surface area contributed by atoms with Crippen LogP contribution in [0.2, 0.25) is 0 Å². The second-order valence-electron chi connectivity index (χ2n) is 7.40. The molecule has 1 aromatic heterocycles. The molecule has 5 heteroatoms. The molecule has 4 rings (SSSR count). The Morgan fingerprint density at radius 2 is 1.96 bits per heavy atom. The van der Waals surface area contributed by atoms with Gasteiger partial charge in [-0.15, -0.1) is 0 Å². The number of H-pyrrole nitrogens is 1. The Hall–Kier alpha value is -2.92. The van der Waals surface area contributed by atoms with Gasteiger partial charge in [-0.05, 0) is 48.9 Å². The fraction of sp³-hybridized carbons (Fsp3) is 0.304. The number of ether oxygens (including phenoxy) is 1. The van der Waals surface area contributed by atoms with Crippen molar-refractivity contribution in [3.05, 3.63) is 81.6 Å². The number of nitrogens with one attached hydrogen (secondary N) is 1. The van der Waals surface area contributed by atoms with Gasteiger partial charge in [-0.2, -0.15) is 0 Å². The fourth-order valence-corrected chi connectivity index (χ4v) is 3.69. The summed E-state index contributed by atoms with van der Waals surface area (Å²) in [4.78, 5) is 30.4. The molecule has 144 valence electrons. The number of rotatable bonds is 5. The second kappa shape index (κ2) is 7.98. The van der Waals surface area contributed by atoms with Crippen molar-refractivity contribution in [2.75, 3.05) is 6.61 Å². The number of amides is 1. The average molecular weight is 376 g/mol. The molecule has 1 N–H and O–H groups in total. The lowest BCUT2D eigenvalue weighted by Crippen LogP contribution is -2.39. The van der Waals surface area contributed by atoms with Gasteiger partial charge in [0.05, 0.1) is 6.54 Å². The molecule has 1 atom stereocenters. The summed E-state index contributed by atoms with van der Waals surface area (Å²) in [6.07, 6.45) is 1.22. The number of nitrogens with zero attached hydrogens (tertiary/aromatic N) is 1. The van der Waals surface area contributed by atoms with Gasteiger partial charge in [-0.25, -0.2) is 0 Å². The van der Waals surface area contributed by atoms with Gasteiger partial charge in [0.2, 0.25) is 0 Å². The van der Waals surface area contributed by atoms with Gasteiger partial charge in [-0.3, -0.25) is 9.59 Å². The maximum atomic E-state index is 13.1. The van der Waals surface area contributed by atoms with Crippen LogP contribution in [0.25, 0.3) is 10.9 Å². The Morgan fingerprint density at radius 1 is 1.14 bits per heavy atom. The minimum atomic E-state index is -0.412. The van der Waals surface area contributed by atoms with Crippen molar-refractivity contribution in [3.63, 3.8) is 0 Å². The SMILES string of the molecule is Cc1ccc2[nH]c(=O)c(CN(Cc3ccccc3)C(=O)C3CCCO3)cc2c1. The quantitative estimate of drug-likeness (QED) is 0.741. The van der Waals surface area contributed by atoms with Gasteiger partial charge in [0.1, 0.15) is 6.10 Å². The van der Waals surface area contributed by atoms with Crippen LogP contribution >= 0.6 is 0 Å². The normalized spacial score (nSPS) is 16.4. The molecule has 1 amide bonds. The number of aromatic amines is 1. The maximum absolute atomic E-state index is 13.1. The van der Waals surface area contributed by atoms with Crippen LogP contribution in [0, 0.1) is 6.92 Å². The van der Waals surface area contributed by atoms with Crippen LogP contribution in [0.4, 0.5) is 0 Å². The molecule has 0 saturated carbocycles. The van der Waals surface area contributed by atoms with Gasteiger partial charge in [0.25, 0.3) is 11.5 Å². The number of benzene rings is 2. The molecule has 3 aromatic rings. The van der Waals surface area contributed by atoms with Gasteiger partial charge < -0.3 is 14.6 Å². The fourth-order valence-electron chi connectivity index (χ4n) is 3.69. The van der Waals surface area contributed by atoms with Crippen LogP contribution < -0.4 is 5.56 Å². The minimum absolute atomic E-state index is 0.0508. The highest BCUT2D eigenvalue weighted by molar-refractivity contribution is 5.82. The number of hydrogen-bond donors (Lipinski definition) is 1. The van der Waals surface area contributed by atoms with E-state index in [1.165, 1.54) is 0 Å². The predicted molar refractivity (Wildman–Crippen MR) is 109 cm³/mol. The zero-order valence-electron chi connectivity index (χ0n) is 16.0. The summed E-state index contributed by atoms with van der Waals surface area (Å²) in [5.74, 6) is -0.0508. The summed E-state index contributed by atoms with van der Waals surface area (Å²) in [5, 5.41) is 0.971. The standard InChI is InChI=1S/C23H24N2O3/c1-16-9-10-20-18(12-16)13-19(22(26)24-20)15-25(14-17-6-3-2-4-7-17)23(27)21-8-5-11-28-21/h2-4,6-7,9-10,12-13,21H,5,8,11,14-15H2,1H3,(H,24,26). The Kier molecular flexibility index (Phi) is 5.26. The van der Waals surface area contributed by atoms with Crippen LogP contribution in [0.1, 0.15) is 29.5 Å². The van der Waals surface area contributed by atoms with E-state index in [1.807, 2.05) is 61.5 Å². The van der Waals surface area contributed by atoms with E-state index >= 15 is 0 Å². The first kappa shape index (κ1) is 18.4. The predicted octanol–water partition coefficient (Wildman–Crippen LogP) is 3.54. The third kappa shape index (κ3) is 3.99. The Labute approximate surface area is 163 Å². The van der Waals surface area contributed by atoms with E-state index in [0.717, 1.165) is 34.9 Å². The number of hydrogen-bond acceptors (Lipinski definition) is 3. The maximum Gasteiger partial charge on any atom is 0.253 e. The summed E-state index contributed by atoms with van der Waals surface area (Å²) in [5.41, 5.74) is 3.39. The highest BCUT2D eigenvalue weighted by Gasteiger charge is 2.29. The van der Waals surface area contributed by atoms with E-state index in [-0.39, 0.29) is 18.0 Å². The molecule has 1 aliphatic rings. The Balaban J connectivity index is 1.66. The van der Waals surface area contributed by atoms with E-state index in [0.29, 0.717) is 18.7 Å². The van der Waals surface area contributed by atoms with Crippen molar-refractivity contribution in [3.8, 4) is 0 Å². The van der Waals surface area contributed by atoms with Crippen molar-refractivity contribution in [2.45, 2.75) is 39.0 Å². The second-order valence-corrected chi connectivity index (χ2v) is 7.40. The third-order valence-corrected chi connectivity index (χ3v) is 5.17. The van der Waals surface area contributed by atoms with Crippen molar-refractivity contribution in [1.29, 1.82) is 0 Å². The van der Waals surface area contributed by atoms with Crippen LogP contribution in [0.15, 0.2) is 59.4 Å². The van der Waals surface area contributed by atoms with Gasteiger partial charge in [0.15, 0.2) is 0 Å². The molecule has 0 radical (unpaired) electrons. The van der Waals surface area contributed by atoms with Crippen LogP contribution in [0.3, 0.4) is 0 Å². The zero-order valence-corrected chi connectivity index (χ0v) is 16.0. The average Bonchev–Trinajstić information content (AvgIpc) is 3.23. The van der Waals surface area contributed by atoms with Crippen LogP contribution in [0.5, 0.6) is 0 Å². The summed E-state index contributed by atoms with van der Waals surface area (Å²) < 4.78 is 5.61. The number of aromatic nitrogens is 1. The molecule has 2 aromatic carbocycles. The van der Waals surface area contributed by atoms with E-state index in [1.54, 1.807) is 4.90 Å². The van der Waals surface area contributed by atoms with Crippen LogP contribution in [-0.2, 0) is 22.6 Å². The topological polar surface area (TPSA) is 62.4 Å². The third-order valence-electron chi connectivity index (χ3n) is 5.17. The summed E-state index contributed by atoms with van der Waals surface area (Å²) in [6, 6.07) is 17.7. The van der Waals surface area contributed by atoms with Crippen molar-refractivity contribution < 1.29 is 9.53 Å². The molecular weight excluding hydrogens is 352 g/mol. The smallest absolute Gasteiger partial charge is 0.253 e. The summed E-state index contributed by atoms with van der Waals surface area (Å²) in [7, 11) is 0. The summed E-state index contributed by atoms with van der Waals surface area (Å²) in [6.45, 7) is 3.34. The molecule has 1 fully saturated rings. The molecular formula is C23H24N2O3. The highest BCUT2D eigenvalue weighted by Crippen LogP contribution is 2.19. The number of fused-ring (bicyclic) bond motifs is 1. The van der Waals surface area contributed by atoms with Gasteiger partial charge in [0, 0.05) is 24.2 Å². The number of carbonyl (C=O) groups is 1. The van der Waals surface area contributed by atoms with E-state index < -0.39 is 6.10 Å². The van der Waals surface area contributed by atoms with Gasteiger partial charge >= 0.3 is 0 Å². The molecule has 5 nitrogen and oxygen atoms in total. The Bertz CT molecular complexity index is 1040. The largest absolute Gasteiger partial charge is 0.368 e. The molecule has 1 saturated heterocycles. The molecule has 2 heterocycles. The van der Waals surface area contributed by atoms with Crippen molar-refractivity contribution in [2.24, 2.45) is 0 Å². The monoisotopic (exact) mass is 376 g/mol. The van der Waals surface area contributed by atoms with E-state index in [9.17, 15) is 9.59 Å². The molecule has 28 heavy (non-hydrogen) atoms. The molecule has 0 spiro atoms. The first-order valence-corrected chi connectivity index (χ1v) is 9.67. The molecule has 1 aliphatic heterocycles. The summed E-state index contributed by atoms with van der Waals surface area (Å²) >= 11 is 0. The van der Waals surface area contributed by atoms with E-state index in [4.69, 9.17) is 4.74 Å². The lowest BCUT2D eigenvalue weighted by atomic mass is 10.1. The molecule has 0 bridgehead atoms. The lowest BCUT2D eigenvalue weighted by molar-refractivity contribution is -0.142. The first-order chi connectivity index (χ1) is 13.6. The number of aryl methyl sites for hydroxylation is 1. The molecule has 0 aliphatic carbocycles. The molecule has 1 unspecified atom stereocenters. The van der Waals surface area contributed by atoms with Crippen LogP contribution in [-0.4, -0.2) is 28.5 Å². The van der Waals surface area contributed by atoms with E-state index in [2.05, 4.69) is 4.98 Å². The Morgan fingerprint density at radius 3 is 2.71 bits per heavy atom. The van der Waals surface area contributed by atoms with Crippen molar-refractivity contribution in [1.82, 2.24) is 9.88 Å². The lowest BCUT2D eigenvalue weighted by Gasteiger charge is -2.25. The highest BCUT2D eigenvalue weighted by atomic mass is 16.5. The first-order valence-electron chi connectivity index (χ1n) is 9.67. The zero-order chi connectivity index (χ0) is 19.5. The van der Waals surface area contributed by atoms with Crippen molar-refractivity contribution >= 4 is 16.8 Å². The number of pyridine rings is 1.